The first-order chi connectivity index (χ1) is 8.49. The lowest BCUT2D eigenvalue weighted by Gasteiger charge is -2.34. The molecule has 1 heterocycles. The van der Waals surface area contributed by atoms with Crippen molar-refractivity contribution in [1.29, 1.82) is 0 Å². The molecular formula is C14H21NO3. The first kappa shape index (κ1) is 13.2. The molecule has 4 nitrogen and oxygen atoms in total. The highest BCUT2D eigenvalue weighted by Gasteiger charge is 2.43. The summed E-state index contributed by atoms with van der Waals surface area (Å²) in [4.78, 5) is 0. The van der Waals surface area contributed by atoms with Gasteiger partial charge in [-0.2, -0.15) is 0 Å². The summed E-state index contributed by atoms with van der Waals surface area (Å²) in [6.45, 7) is 5.49. The van der Waals surface area contributed by atoms with Gasteiger partial charge < -0.3 is 20.3 Å². The molecule has 0 aromatic heterocycles. The minimum atomic E-state index is -0.401. The van der Waals surface area contributed by atoms with Crippen LogP contribution in [0.5, 0.6) is 11.5 Å². The zero-order valence-electron chi connectivity index (χ0n) is 11.1. The van der Waals surface area contributed by atoms with Crippen LogP contribution >= 0.6 is 0 Å². The van der Waals surface area contributed by atoms with Gasteiger partial charge >= 0.3 is 0 Å². The second kappa shape index (κ2) is 4.78. The number of methoxy groups -OCH3 is 1. The molecule has 4 heteroatoms. The number of nitrogens with one attached hydrogen (secondary N) is 1. The highest BCUT2D eigenvalue weighted by molar-refractivity contribution is 5.43. The number of phenols is 1. The van der Waals surface area contributed by atoms with Gasteiger partial charge in [-0.3, -0.25) is 0 Å². The van der Waals surface area contributed by atoms with Crippen LogP contribution in [0.3, 0.4) is 0 Å². The summed E-state index contributed by atoms with van der Waals surface area (Å²) in [5.74, 6) is 0.813. The molecule has 3 N–H and O–H groups in total. The van der Waals surface area contributed by atoms with Gasteiger partial charge in [-0.1, -0.05) is 13.0 Å². The molecule has 0 radical (unpaired) electrons. The Balaban J connectivity index is 2.34. The quantitative estimate of drug-likeness (QED) is 0.761. The SMILES string of the molecule is COc1ccc([C@@H]2CNC[C@@]2(C)[C@@H](C)O)cc1O. The largest absolute Gasteiger partial charge is 0.504 e. The highest BCUT2D eigenvalue weighted by atomic mass is 16.5. The van der Waals surface area contributed by atoms with Crippen LogP contribution in [0.2, 0.25) is 0 Å². The molecule has 100 valence electrons. The van der Waals surface area contributed by atoms with Crippen molar-refractivity contribution in [1.82, 2.24) is 5.32 Å². The minimum Gasteiger partial charge on any atom is -0.504 e. The normalized spacial score (nSPS) is 29.2. The Hall–Kier alpha value is -1.26. The summed E-state index contributed by atoms with van der Waals surface area (Å²) in [6.07, 6.45) is -0.401. The highest BCUT2D eigenvalue weighted by Crippen LogP contribution is 2.43. The van der Waals surface area contributed by atoms with Gasteiger partial charge in [0.1, 0.15) is 0 Å². The third-order valence-electron chi connectivity index (χ3n) is 4.21. The van der Waals surface area contributed by atoms with Crippen LogP contribution in [-0.4, -0.2) is 36.5 Å². The molecule has 1 fully saturated rings. The van der Waals surface area contributed by atoms with Crippen molar-refractivity contribution in [3.8, 4) is 11.5 Å². The van der Waals surface area contributed by atoms with E-state index in [2.05, 4.69) is 12.2 Å². The second-order valence-electron chi connectivity index (χ2n) is 5.30. The Morgan fingerprint density at radius 2 is 2.22 bits per heavy atom. The van der Waals surface area contributed by atoms with Gasteiger partial charge in [0.25, 0.3) is 0 Å². The van der Waals surface area contributed by atoms with Gasteiger partial charge in [0, 0.05) is 24.4 Å². The number of aliphatic hydroxyl groups is 1. The molecule has 0 spiro atoms. The van der Waals surface area contributed by atoms with Gasteiger partial charge in [-0.05, 0) is 24.6 Å². The Bertz CT molecular complexity index is 433. The number of ether oxygens (including phenoxy) is 1. The van der Waals surface area contributed by atoms with Gasteiger partial charge in [0.05, 0.1) is 13.2 Å². The summed E-state index contributed by atoms with van der Waals surface area (Å²) < 4.78 is 5.05. The first-order valence-electron chi connectivity index (χ1n) is 6.24. The molecule has 1 aromatic carbocycles. The lowest BCUT2D eigenvalue weighted by molar-refractivity contribution is 0.0549. The van der Waals surface area contributed by atoms with Crippen LogP contribution in [-0.2, 0) is 0 Å². The van der Waals surface area contributed by atoms with E-state index < -0.39 is 6.10 Å². The second-order valence-corrected chi connectivity index (χ2v) is 5.30. The van der Waals surface area contributed by atoms with Gasteiger partial charge in [0.2, 0.25) is 0 Å². The molecule has 0 saturated carbocycles. The summed E-state index contributed by atoms with van der Waals surface area (Å²) in [5.41, 5.74) is 0.822. The Morgan fingerprint density at radius 1 is 1.50 bits per heavy atom. The third kappa shape index (κ3) is 2.06. The van der Waals surface area contributed by atoms with Crippen LogP contribution in [0.1, 0.15) is 25.3 Å². The average molecular weight is 251 g/mol. The van der Waals surface area contributed by atoms with Crippen LogP contribution in [0, 0.1) is 5.41 Å². The standard InChI is InChI=1S/C14H21NO3/c1-9(16)14(2)8-15-7-11(14)10-4-5-13(18-3)12(17)6-10/h4-6,9,11,15-17H,7-8H2,1-3H3/t9-,11+,14+/m1/s1. The van der Waals surface area contributed by atoms with Crippen molar-refractivity contribution in [3.05, 3.63) is 23.8 Å². The summed E-state index contributed by atoms with van der Waals surface area (Å²) in [6, 6.07) is 5.46. The number of hydrogen-bond acceptors (Lipinski definition) is 4. The predicted molar refractivity (Wildman–Crippen MR) is 70.1 cm³/mol. The summed E-state index contributed by atoms with van der Waals surface area (Å²) in [7, 11) is 1.53. The maximum Gasteiger partial charge on any atom is 0.160 e. The van der Waals surface area contributed by atoms with Crippen LogP contribution < -0.4 is 10.1 Å². The van der Waals surface area contributed by atoms with Crippen molar-refractivity contribution < 1.29 is 14.9 Å². The average Bonchev–Trinajstić information content (AvgIpc) is 2.72. The van der Waals surface area contributed by atoms with E-state index in [-0.39, 0.29) is 17.1 Å². The molecule has 1 aliphatic rings. The van der Waals surface area contributed by atoms with E-state index in [1.54, 1.807) is 12.1 Å². The molecule has 3 atom stereocenters. The number of hydrogen-bond donors (Lipinski definition) is 3. The van der Waals surface area contributed by atoms with E-state index >= 15 is 0 Å². The molecular weight excluding hydrogens is 230 g/mol. The number of aromatic hydroxyl groups is 1. The Labute approximate surface area is 108 Å². The molecule has 18 heavy (non-hydrogen) atoms. The molecule has 1 aromatic rings. The maximum atomic E-state index is 9.99. The monoisotopic (exact) mass is 251 g/mol. The number of rotatable bonds is 3. The topological polar surface area (TPSA) is 61.7 Å². The summed E-state index contributed by atoms with van der Waals surface area (Å²) in [5, 5.41) is 23.2. The zero-order chi connectivity index (χ0) is 13.3. The van der Waals surface area contributed by atoms with E-state index in [4.69, 9.17) is 4.74 Å². The molecule has 1 saturated heterocycles. The predicted octanol–water partition coefficient (Wildman–Crippen LogP) is 1.47. The van der Waals surface area contributed by atoms with Crippen molar-refractivity contribution in [2.75, 3.05) is 20.2 Å². The Kier molecular flexibility index (Phi) is 3.50. The fourth-order valence-corrected chi connectivity index (χ4v) is 2.70. The zero-order valence-corrected chi connectivity index (χ0v) is 11.1. The van der Waals surface area contributed by atoms with E-state index in [0.717, 1.165) is 18.7 Å². The minimum absolute atomic E-state index is 0.148. The van der Waals surface area contributed by atoms with Gasteiger partial charge in [0.15, 0.2) is 11.5 Å². The molecule has 2 rings (SSSR count). The molecule has 0 unspecified atom stereocenters. The maximum absolute atomic E-state index is 9.99. The van der Waals surface area contributed by atoms with Crippen molar-refractivity contribution >= 4 is 0 Å². The number of aliphatic hydroxyl groups excluding tert-OH is 1. The fraction of sp³-hybridized carbons (Fsp3) is 0.571. The number of benzene rings is 1. The van der Waals surface area contributed by atoms with Gasteiger partial charge in [-0.15, -0.1) is 0 Å². The fourth-order valence-electron chi connectivity index (χ4n) is 2.70. The smallest absolute Gasteiger partial charge is 0.160 e. The molecule has 0 aliphatic carbocycles. The van der Waals surface area contributed by atoms with Crippen LogP contribution in [0.25, 0.3) is 0 Å². The first-order valence-corrected chi connectivity index (χ1v) is 6.24. The van der Waals surface area contributed by atoms with E-state index in [1.165, 1.54) is 7.11 Å². The lowest BCUT2D eigenvalue weighted by Crippen LogP contribution is -2.36. The van der Waals surface area contributed by atoms with Crippen LogP contribution in [0.4, 0.5) is 0 Å². The van der Waals surface area contributed by atoms with E-state index in [1.807, 2.05) is 13.0 Å². The molecule has 1 aliphatic heterocycles. The van der Waals surface area contributed by atoms with Crippen molar-refractivity contribution in [3.63, 3.8) is 0 Å². The van der Waals surface area contributed by atoms with E-state index in [0.29, 0.717) is 5.75 Å². The Morgan fingerprint density at radius 3 is 2.78 bits per heavy atom. The third-order valence-corrected chi connectivity index (χ3v) is 4.21. The van der Waals surface area contributed by atoms with Crippen molar-refractivity contribution in [2.45, 2.75) is 25.9 Å². The summed E-state index contributed by atoms with van der Waals surface area (Å²) >= 11 is 0. The molecule has 0 amide bonds. The van der Waals surface area contributed by atoms with Crippen molar-refractivity contribution in [2.24, 2.45) is 5.41 Å². The lowest BCUT2D eigenvalue weighted by atomic mass is 9.72. The molecule has 0 bridgehead atoms. The number of phenolic OH excluding ortho intramolecular Hbond substituents is 1. The van der Waals surface area contributed by atoms with E-state index in [9.17, 15) is 10.2 Å². The van der Waals surface area contributed by atoms with Crippen LogP contribution in [0.15, 0.2) is 18.2 Å². The van der Waals surface area contributed by atoms with Gasteiger partial charge in [-0.25, -0.2) is 0 Å².